The molecule has 136 valence electrons. The van der Waals surface area contributed by atoms with E-state index in [0.717, 1.165) is 57.5 Å². The molecule has 1 heterocycles. The Morgan fingerprint density at radius 3 is 2.36 bits per heavy atom. The van der Waals surface area contributed by atoms with Crippen LogP contribution in [0.2, 0.25) is 0 Å². The van der Waals surface area contributed by atoms with Gasteiger partial charge in [0.05, 0.1) is 0 Å². The number of rotatable bonds is 6. The number of nitrogens with zero attached hydrogens (tertiary/aromatic N) is 2. The van der Waals surface area contributed by atoms with Gasteiger partial charge in [-0.3, -0.25) is 9.59 Å². The summed E-state index contributed by atoms with van der Waals surface area (Å²) in [5.74, 6) is 0.211. The quantitative estimate of drug-likeness (QED) is 0.855. The standard InChI is InChI=1S/C20H29N3O2/c1-2-22-11-13-23(14-12-22)20(25)18(15-16-7-4-3-5-8-16)21-19(24)17-9-6-10-17/h3-5,7-8,17-18H,2,6,9-15H2,1H3,(H,21,24). The highest BCUT2D eigenvalue weighted by molar-refractivity contribution is 5.89. The topological polar surface area (TPSA) is 52.6 Å². The molecular weight excluding hydrogens is 314 g/mol. The minimum Gasteiger partial charge on any atom is -0.344 e. The predicted molar refractivity (Wildman–Crippen MR) is 98.1 cm³/mol. The molecule has 1 saturated heterocycles. The van der Waals surface area contributed by atoms with E-state index < -0.39 is 6.04 Å². The molecule has 2 fully saturated rings. The van der Waals surface area contributed by atoms with E-state index >= 15 is 0 Å². The van der Waals surface area contributed by atoms with Gasteiger partial charge >= 0.3 is 0 Å². The van der Waals surface area contributed by atoms with Crippen molar-refractivity contribution in [3.8, 4) is 0 Å². The van der Waals surface area contributed by atoms with Crippen molar-refractivity contribution in [2.75, 3.05) is 32.7 Å². The molecule has 0 radical (unpaired) electrons. The number of carbonyl (C=O) groups excluding carboxylic acids is 2. The van der Waals surface area contributed by atoms with Crippen LogP contribution in [-0.4, -0.2) is 60.4 Å². The number of carbonyl (C=O) groups is 2. The zero-order valence-corrected chi connectivity index (χ0v) is 15.1. The molecule has 2 amide bonds. The van der Waals surface area contributed by atoms with Crippen molar-refractivity contribution in [2.24, 2.45) is 5.92 Å². The molecule has 3 rings (SSSR count). The number of likely N-dealkylation sites (N-methyl/N-ethyl adjacent to an activating group) is 1. The Labute approximate surface area is 150 Å². The van der Waals surface area contributed by atoms with Gasteiger partial charge in [-0.25, -0.2) is 0 Å². The first kappa shape index (κ1) is 17.9. The van der Waals surface area contributed by atoms with Crippen LogP contribution in [0, 0.1) is 5.92 Å². The van der Waals surface area contributed by atoms with E-state index in [2.05, 4.69) is 17.1 Å². The normalized spacial score (nSPS) is 20.0. The molecule has 5 heteroatoms. The summed E-state index contributed by atoms with van der Waals surface area (Å²) < 4.78 is 0. The summed E-state index contributed by atoms with van der Waals surface area (Å²) in [6.07, 6.45) is 3.58. The van der Waals surface area contributed by atoms with Gasteiger partial charge in [0.2, 0.25) is 11.8 Å². The van der Waals surface area contributed by atoms with E-state index in [1.165, 1.54) is 0 Å². The molecule has 1 aliphatic carbocycles. The predicted octanol–water partition coefficient (Wildman–Crippen LogP) is 1.68. The lowest BCUT2D eigenvalue weighted by Gasteiger charge is -2.36. The average molecular weight is 343 g/mol. The van der Waals surface area contributed by atoms with E-state index in [1.807, 2.05) is 35.2 Å². The van der Waals surface area contributed by atoms with Gasteiger partial charge in [-0.15, -0.1) is 0 Å². The largest absolute Gasteiger partial charge is 0.344 e. The third-order valence-electron chi connectivity index (χ3n) is 5.50. The summed E-state index contributed by atoms with van der Waals surface area (Å²) >= 11 is 0. The summed E-state index contributed by atoms with van der Waals surface area (Å²) in [6.45, 7) is 6.49. The van der Waals surface area contributed by atoms with Gasteiger partial charge in [0.15, 0.2) is 0 Å². The Morgan fingerprint density at radius 1 is 1.12 bits per heavy atom. The van der Waals surface area contributed by atoms with E-state index in [4.69, 9.17) is 0 Å². The van der Waals surface area contributed by atoms with Crippen molar-refractivity contribution in [3.05, 3.63) is 35.9 Å². The van der Waals surface area contributed by atoms with Crippen LogP contribution in [0.1, 0.15) is 31.7 Å². The Morgan fingerprint density at radius 2 is 1.80 bits per heavy atom. The van der Waals surface area contributed by atoms with E-state index in [1.54, 1.807) is 0 Å². The molecule has 1 unspecified atom stereocenters. The number of amides is 2. The maximum atomic E-state index is 13.1. The van der Waals surface area contributed by atoms with Crippen LogP contribution in [0.15, 0.2) is 30.3 Å². The van der Waals surface area contributed by atoms with Crippen LogP contribution >= 0.6 is 0 Å². The number of nitrogens with one attached hydrogen (secondary N) is 1. The number of hydrogen-bond donors (Lipinski definition) is 1. The van der Waals surface area contributed by atoms with Crippen molar-refractivity contribution in [1.82, 2.24) is 15.1 Å². The Kier molecular flexibility index (Phi) is 6.08. The van der Waals surface area contributed by atoms with Gasteiger partial charge in [0, 0.05) is 38.5 Å². The molecule has 1 aromatic rings. The number of hydrogen-bond acceptors (Lipinski definition) is 3. The van der Waals surface area contributed by atoms with Crippen molar-refractivity contribution >= 4 is 11.8 Å². The van der Waals surface area contributed by atoms with E-state index in [-0.39, 0.29) is 17.7 Å². The van der Waals surface area contributed by atoms with Crippen molar-refractivity contribution in [3.63, 3.8) is 0 Å². The van der Waals surface area contributed by atoms with Crippen molar-refractivity contribution in [1.29, 1.82) is 0 Å². The second-order valence-corrected chi connectivity index (χ2v) is 7.14. The maximum Gasteiger partial charge on any atom is 0.245 e. The van der Waals surface area contributed by atoms with Gasteiger partial charge in [-0.1, -0.05) is 43.7 Å². The van der Waals surface area contributed by atoms with Gasteiger partial charge < -0.3 is 15.1 Å². The summed E-state index contributed by atoms with van der Waals surface area (Å²) in [5, 5.41) is 3.05. The first-order valence-electron chi connectivity index (χ1n) is 9.53. The lowest BCUT2D eigenvalue weighted by Crippen LogP contribution is -2.56. The zero-order valence-electron chi connectivity index (χ0n) is 15.1. The third-order valence-corrected chi connectivity index (χ3v) is 5.50. The van der Waals surface area contributed by atoms with Crippen LogP contribution in [0.25, 0.3) is 0 Å². The average Bonchev–Trinajstić information content (AvgIpc) is 2.60. The van der Waals surface area contributed by atoms with Gasteiger partial charge in [0.1, 0.15) is 6.04 Å². The molecule has 1 aliphatic heterocycles. The second-order valence-electron chi connectivity index (χ2n) is 7.14. The van der Waals surface area contributed by atoms with E-state index in [9.17, 15) is 9.59 Å². The Balaban J connectivity index is 1.66. The molecule has 1 saturated carbocycles. The summed E-state index contributed by atoms with van der Waals surface area (Å²) in [6, 6.07) is 9.51. The summed E-state index contributed by atoms with van der Waals surface area (Å²) in [5.41, 5.74) is 1.09. The Bertz CT molecular complexity index is 578. The van der Waals surface area contributed by atoms with Crippen molar-refractivity contribution < 1.29 is 9.59 Å². The van der Waals surface area contributed by atoms with Crippen LogP contribution in [0.3, 0.4) is 0 Å². The second kappa shape index (κ2) is 8.48. The fourth-order valence-electron chi connectivity index (χ4n) is 3.51. The first-order valence-corrected chi connectivity index (χ1v) is 9.53. The highest BCUT2D eigenvalue weighted by Gasteiger charge is 2.32. The molecule has 2 aliphatic rings. The molecule has 1 atom stereocenters. The highest BCUT2D eigenvalue weighted by Crippen LogP contribution is 2.26. The van der Waals surface area contributed by atoms with E-state index in [0.29, 0.717) is 6.42 Å². The SMILES string of the molecule is CCN1CCN(C(=O)C(Cc2ccccc2)NC(=O)C2CCC2)CC1. The smallest absolute Gasteiger partial charge is 0.245 e. The van der Waals surface area contributed by atoms with Crippen LogP contribution in [-0.2, 0) is 16.0 Å². The fourth-order valence-corrected chi connectivity index (χ4v) is 3.51. The Hall–Kier alpha value is -1.88. The van der Waals surface area contributed by atoms with Crippen LogP contribution in [0.4, 0.5) is 0 Å². The highest BCUT2D eigenvalue weighted by atomic mass is 16.2. The molecule has 1 N–H and O–H groups in total. The van der Waals surface area contributed by atoms with Gasteiger partial charge in [-0.2, -0.15) is 0 Å². The minimum atomic E-state index is -0.455. The lowest BCUT2D eigenvalue weighted by atomic mass is 9.84. The lowest BCUT2D eigenvalue weighted by molar-refractivity contribution is -0.139. The number of piperazine rings is 1. The third kappa shape index (κ3) is 4.60. The molecule has 25 heavy (non-hydrogen) atoms. The molecule has 0 bridgehead atoms. The molecule has 0 aromatic heterocycles. The minimum absolute atomic E-state index is 0.0488. The molecule has 0 spiro atoms. The maximum absolute atomic E-state index is 13.1. The van der Waals surface area contributed by atoms with Gasteiger partial charge in [0.25, 0.3) is 0 Å². The molecule has 1 aromatic carbocycles. The molecule has 5 nitrogen and oxygen atoms in total. The van der Waals surface area contributed by atoms with Gasteiger partial charge in [-0.05, 0) is 24.9 Å². The zero-order chi connectivity index (χ0) is 17.6. The monoisotopic (exact) mass is 343 g/mol. The van der Waals surface area contributed by atoms with Crippen LogP contribution < -0.4 is 5.32 Å². The summed E-state index contributed by atoms with van der Waals surface area (Å²) in [4.78, 5) is 29.7. The fraction of sp³-hybridized carbons (Fsp3) is 0.600. The molecular formula is C20H29N3O2. The van der Waals surface area contributed by atoms with Crippen LogP contribution in [0.5, 0.6) is 0 Å². The summed E-state index contributed by atoms with van der Waals surface area (Å²) in [7, 11) is 0. The van der Waals surface area contributed by atoms with Crippen molar-refractivity contribution in [2.45, 2.75) is 38.6 Å². The number of benzene rings is 1. The first-order chi connectivity index (χ1) is 12.2.